The number of fused-ring (bicyclic) bond motifs is 1. The van der Waals surface area contributed by atoms with Gasteiger partial charge in [0.05, 0.1) is 12.8 Å². The molecule has 3 heterocycles. The lowest BCUT2D eigenvalue weighted by Crippen LogP contribution is -2.26. The molecule has 4 rings (SSSR count). The van der Waals surface area contributed by atoms with Gasteiger partial charge in [-0.3, -0.25) is 4.79 Å². The predicted molar refractivity (Wildman–Crippen MR) is 119 cm³/mol. The van der Waals surface area contributed by atoms with Crippen LogP contribution in [0.5, 0.6) is 5.75 Å². The minimum atomic E-state index is -0.336. The third-order valence-corrected chi connectivity index (χ3v) is 5.25. The Morgan fingerprint density at radius 3 is 2.61 bits per heavy atom. The molecule has 0 saturated carbocycles. The molecule has 0 amide bonds. The summed E-state index contributed by atoms with van der Waals surface area (Å²) in [5.74, 6) is 1.78. The maximum atomic E-state index is 12.5. The van der Waals surface area contributed by atoms with Crippen LogP contribution in [0.15, 0.2) is 35.3 Å². The highest BCUT2D eigenvalue weighted by Gasteiger charge is 2.17. The molecule has 162 valence electrons. The van der Waals surface area contributed by atoms with Gasteiger partial charge in [-0.2, -0.15) is 10.1 Å². The van der Waals surface area contributed by atoms with Gasteiger partial charge in [-0.1, -0.05) is 12.8 Å². The smallest absolute Gasteiger partial charge is 0.277 e. The van der Waals surface area contributed by atoms with E-state index in [-0.39, 0.29) is 5.56 Å². The van der Waals surface area contributed by atoms with Gasteiger partial charge >= 0.3 is 0 Å². The first-order valence-electron chi connectivity index (χ1n) is 10.7. The molecule has 2 aromatic heterocycles. The number of ether oxygens (including phenoxy) is 1. The van der Waals surface area contributed by atoms with Crippen molar-refractivity contribution in [1.29, 1.82) is 0 Å². The van der Waals surface area contributed by atoms with Gasteiger partial charge in [0, 0.05) is 25.2 Å². The molecule has 0 bridgehead atoms. The minimum absolute atomic E-state index is 0.336. The Hall–Kier alpha value is -3.49. The largest absolute Gasteiger partial charge is 0.494 e. The number of aromatic amines is 1. The van der Waals surface area contributed by atoms with Crippen molar-refractivity contribution in [2.24, 2.45) is 0 Å². The van der Waals surface area contributed by atoms with Crippen LogP contribution in [0.3, 0.4) is 0 Å². The number of hydrogen-bond acceptors (Lipinski definition) is 8. The van der Waals surface area contributed by atoms with Gasteiger partial charge in [-0.25, -0.2) is 10.1 Å². The summed E-state index contributed by atoms with van der Waals surface area (Å²) in [6.07, 6.45) is 8.24. The Morgan fingerprint density at radius 2 is 1.87 bits per heavy atom. The lowest BCUT2D eigenvalue weighted by Gasteiger charge is -2.21. The molecule has 1 aliphatic rings. The van der Waals surface area contributed by atoms with Crippen molar-refractivity contribution in [1.82, 2.24) is 20.2 Å². The van der Waals surface area contributed by atoms with Crippen LogP contribution in [-0.4, -0.2) is 46.1 Å². The quantitative estimate of drug-likeness (QED) is 0.420. The van der Waals surface area contributed by atoms with Crippen molar-refractivity contribution in [2.75, 3.05) is 29.9 Å². The fourth-order valence-electron chi connectivity index (χ4n) is 3.62. The molecule has 0 unspecified atom stereocenters. The van der Waals surface area contributed by atoms with E-state index in [0.29, 0.717) is 42.1 Å². The molecule has 0 atom stereocenters. The maximum Gasteiger partial charge on any atom is 0.277 e. The Kier molecular flexibility index (Phi) is 6.71. The number of unbranched alkanes of at least 4 members (excludes halogenated alkanes) is 1. The van der Waals surface area contributed by atoms with E-state index in [9.17, 15) is 9.59 Å². The molecule has 0 aliphatic carbocycles. The van der Waals surface area contributed by atoms with Crippen LogP contribution < -0.4 is 20.5 Å². The van der Waals surface area contributed by atoms with Crippen molar-refractivity contribution in [3.8, 4) is 5.75 Å². The molecule has 2 N–H and O–H groups in total. The van der Waals surface area contributed by atoms with E-state index in [2.05, 4.69) is 25.4 Å². The highest BCUT2D eigenvalue weighted by Crippen LogP contribution is 2.26. The molecule has 1 aliphatic heterocycles. The van der Waals surface area contributed by atoms with Gasteiger partial charge in [0.1, 0.15) is 28.8 Å². The second-order valence-electron chi connectivity index (χ2n) is 7.54. The first-order valence-corrected chi connectivity index (χ1v) is 10.7. The molecular weight excluding hydrogens is 396 g/mol. The molecule has 0 spiro atoms. The van der Waals surface area contributed by atoms with Crippen LogP contribution in [0, 0.1) is 0 Å². The Balaban J connectivity index is 1.59. The first kappa shape index (κ1) is 20.8. The molecule has 9 heteroatoms. The van der Waals surface area contributed by atoms with Crippen molar-refractivity contribution >= 4 is 34.6 Å². The monoisotopic (exact) mass is 422 g/mol. The minimum Gasteiger partial charge on any atom is -0.494 e. The zero-order chi connectivity index (χ0) is 21.5. The third-order valence-electron chi connectivity index (χ3n) is 5.25. The van der Waals surface area contributed by atoms with Crippen molar-refractivity contribution < 1.29 is 9.53 Å². The SMILES string of the molecule is O=CCCCOc1ccc(Nc2nc(N3CCCCCC3)nc3cn[nH]c(=O)c23)cc1. The van der Waals surface area contributed by atoms with Crippen LogP contribution in [0.4, 0.5) is 17.5 Å². The number of rotatable bonds is 8. The van der Waals surface area contributed by atoms with E-state index in [1.165, 1.54) is 12.8 Å². The summed E-state index contributed by atoms with van der Waals surface area (Å²) < 4.78 is 5.63. The molecule has 1 fully saturated rings. The summed E-state index contributed by atoms with van der Waals surface area (Å²) in [4.78, 5) is 34.3. The van der Waals surface area contributed by atoms with Crippen molar-refractivity contribution in [2.45, 2.75) is 38.5 Å². The Bertz CT molecular complexity index is 1070. The van der Waals surface area contributed by atoms with Gasteiger partial charge in [-0.15, -0.1) is 0 Å². The van der Waals surface area contributed by atoms with Gasteiger partial charge < -0.3 is 19.7 Å². The third kappa shape index (κ3) is 5.17. The lowest BCUT2D eigenvalue weighted by molar-refractivity contribution is -0.108. The topological polar surface area (TPSA) is 113 Å². The molecular formula is C22H26N6O3. The van der Waals surface area contributed by atoms with Crippen LogP contribution in [0.2, 0.25) is 0 Å². The zero-order valence-electron chi connectivity index (χ0n) is 17.3. The van der Waals surface area contributed by atoms with E-state index in [0.717, 1.165) is 43.7 Å². The number of hydrogen-bond donors (Lipinski definition) is 2. The molecule has 1 aromatic carbocycles. The van der Waals surface area contributed by atoms with Gasteiger partial charge in [0.25, 0.3) is 5.56 Å². The number of carbonyl (C=O) groups is 1. The number of aldehydes is 1. The highest BCUT2D eigenvalue weighted by atomic mass is 16.5. The number of anilines is 3. The van der Waals surface area contributed by atoms with Gasteiger partial charge in [0.2, 0.25) is 5.95 Å². The number of benzene rings is 1. The summed E-state index contributed by atoms with van der Waals surface area (Å²) in [6.45, 7) is 2.29. The fraction of sp³-hybridized carbons (Fsp3) is 0.409. The standard InChI is InChI=1S/C22H26N6O3/c29-13-5-6-14-31-17-9-7-16(8-10-17)24-20-19-18(15-23-27-21(19)30)25-22(26-20)28-11-3-1-2-4-12-28/h7-10,13,15H,1-6,11-12,14H2,(H,27,30)(H,24,25,26). The summed E-state index contributed by atoms with van der Waals surface area (Å²) in [5.41, 5.74) is 0.950. The second-order valence-corrected chi connectivity index (χ2v) is 7.54. The molecule has 31 heavy (non-hydrogen) atoms. The number of nitrogens with one attached hydrogen (secondary N) is 2. The second kappa shape index (κ2) is 10.0. The number of H-pyrrole nitrogens is 1. The number of aromatic nitrogens is 4. The van der Waals surface area contributed by atoms with Crippen LogP contribution in [0.1, 0.15) is 38.5 Å². The van der Waals surface area contributed by atoms with Crippen molar-refractivity contribution in [3.63, 3.8) is 0 Å². The summed E-state index contributed by atoms with van der Waals surface area (Å²) in [6, 6.07) is 7.41. The first-order chi connectivity index (χ1) is 15.2. The van der Waals surface area contributed by atoms with E-state index in [1.54, 1.807) is 6.20 Å². The average molecular weight is 422 g/mol. The average Bonchev–Trinajstić information content (AvgIpc) is 3.07. The van der Waals surface area contributed by atoms with E-state index in [4.69, 9.17) is 9.72 Å². The lowest BCUT2D eigenvalue weighted by atomic mass is 10.2. The van der Waals surface area contributed by atoms with E-state index < -0.39 is 0 Å². The van der Waals surface area contributed by atoms with Gasteiger partial charge in [0.15, 0.2) is 0 Å². The number of carbonyl (C=O) groups excluding carboxylic acids is 1. The van der Waals surface area contributed by atoms with Gasteiger partial charge in [-0.05, 0) is 43.5 Å². The van der Waals surface area contributed by atoms with Crippen molar-refractivity contribution in [3.05, 3.63) is 40.8 Å². The Morgan fingerprint density at radius 1 is 1.10 bits per heavy atom. The van der Waals surface area contributed by atoms with Crippen LogP contribution in [-0.2, 0) is 4.79 Å². The number of nitrogens with zero attached hydrogens (tertiary/aromatic N) is 4. The normalized spacial score (nSPS) is 14.3. The Labute approximate surface area is 179 Å². The van der Waals surface area contributed by atoms with Crippen LogP contribution in [0.25, 0.3) is 10.9 Å². The summed E-state index contributed by atoms with van der Waals surface area (Å²) >= 11 is 0. The maximum absolute atomic E-state index is 12.5. The predicted octanol–water partition coefficient (Wildman–Crippen LogP) is 3.20. The summed E-state index contributed by atoms with van der Waals surface area (Å²) in [7, 11) is 0. The molecule has 9 nitrogen and oxygen atoms in total. The zero-order valence-corrected chi connectivity index (χ0v) is 17.3. The van der Waals surface area contributed by atoms with E-state index in [1.807, 2.05) is 24.3 Å². The molecule has 3 aromatic rings. The van der Waals surface area contributed by atoms with Crippen LogP contribution >= 0.6 is 0 Å². The van der Waals surface area contributed by atoms with E-state index >= 15 is 0 Å². The molecule has 1 saturated heterocycles. The molecule has 0 radical (unpaired) electrons. The summed E-state index contributed by atoms with van der Waals surface area (Å²) in [5, 5.41) is 10.0. The fourth-order valence-corrected chi connectivity index (χ4v) is 3.62. The highest BCUT2D eigenvalue weighted by molar-refractivity contribution is 5.90.